The van der Waals surface area contributed by atoms with Gasteiger partial charge in [-0.1, -0.05) is 68.8 Å². The van der Waals surface area contributed by atoms with E-state index in [0.29, 0.717) is 6.54 Å². The van der Waals surface area contributed by atoms with E-state index in [2.05, 4.69) is 57.2 Å². The first-order chi connectivity index (χ1) is 9.41. The SMILES string of the molecule is CC(C)(C)c1ccc([C@H](CN)c2ccc(Cl)cc2)cc1. The first kappa shape index (κ1) is 15.1. The molecule has 2 rings (SSSR count). The minimum absolute atomic E-state index is 0.178. The molecule has 0 aliphatic rings. The maximum atomic E-state index is 5.97. The van der Waals surface area contributed by atoms with E-state index >= 15 is 0 Å². The Hall–Kier alpha value is -1.31. The number of hydrogen-bond acceptors (Lipinski definition) is 1. The second-order valence-electron chi connectivity index (χ2n) is 6.21. The fourth-order valence-electron chi connectivity index (χ4n) is 2.38. The van der Waals surface area contributed by atoms with Gasteiger partial charge in [0.2, 0.25) is 0 Å². The number of rotatable bonds is 3. The zero-order valence-electron chi connectivity index (χ0n) is 12.4. The molecule has 0 aromatic heterocycles. The normalized spacial score (nSPS) is 13.2. The van der Waals surface area contributed by atoms with Gasteiger partial charge in [-0.3, -0.25) is 0 Å². The third-order valence-electron chi connectivity index (χ3n) is 3.69. The summed E-state index contributed by atoms with van der Waals surface area (Å²) in [5.41, 5.74) is 9.95. The van der Waals surface area contributed by atoms with Gasteiger partial charge >= 0.3 is 0 Å². The molecule has 1 atom stereocenters. The van der Waals surface area contributed by atoms with Crippen molar-refractivity contribution in [2.24, 2.45) is 5.73 Å². The van der Waals surface area contributed by atoms with Crippen molar-refractivity contribution < 1.29 is 0 Å². The highest BCUT2D eigenvalue weighted by atomic mass is 35.5. The molecular formula is C18H22ClN. The zero-order valence-corrected chi connectivity index (χ0v) is 13.1. The average molecular weight is 288 g/mol. The van der Waals surface area contributed by atoms with Crippen LogP contribution in [0.3, 0.4) is 0 Å². The molecule has 2 heteroatoms. The highest BCUT2D eigenvalue weighted by molar-refractivity contribution is 6.30. The summed E-state index contributed by atoms with van der Waals surface area (Å²) < 4.78 is 0. The lowest BCUT2D eigenvalue weighted by molar-refractivity contribution is 0.589. The van der Waals surface area contributed by atoms with Crippen LogP contribution in [0.5, 0.6) is 0 Å². The van der Waals surface area contributed by atoms with E-state index in [1.165, 1.54) is 16.7 Å². The first-order valence-corrected chi connectivity index (χ1v) is 7.35. The summed E-state index contributed by atoms with van der Waals surface area (Å²) in [6.07, 6.45) is 0. The van der Waals surface area contributed by atoms with Crippen molar-refractivity contribution in [3.63, 3.8) is 0 Å². The van der Waals surface area contributed by atoms with Gasteiger partial charge < -0.3 is 5.73 Å². The lowest BCUT2D eigenvalue weighted by Crippen LogP contribution is -2.15. The monoisotopic (exact) mass is 287 g/mol. The van der Waals surface area contributed by atoms with Crippen molar-refractivity contribution in [3.8, 4) is 0 Å². The molecule has 0 unspecified atom stereocenters. The molecule has 1 nitrogen and oxygen atoms in total. The van der Waals surface area contributed by atoms with Crippen LogP contribution in [0.15, 0.2) is 48.5 Å². The van der Waals surface area contributed by atoms with Gasteiger partial charge in [-0.25, -0.2) is 0 Å². The number of nitrogens with two attached hydrogens (primary N) is 1. The largest absolute Gasteiger partial charge is 0.330 e. The van der Waals surface area contributed by atoms with E-state index in [1.807, 2.05) is 12.1 Å². The van der Waals surface area contributed by atoms with Gasteiger partial charge in [0, 0.05) is 17.5 Å². The Morgan fingerprint density at radius 1 is 0.900 bits per heavy atom. The molecule has 0 amide bonds. The first-order valence-electron chi connectivity index (χ1n) is 6.98. The standard InChI is InChI=1S/C18H22ClN/c1-18(2,3)15-8-4-13(5-9-15)17(12-20)14-6-10-16(19)11-7-14/h4-11,17H,12,20H2,1-3H3/t17-/m0/s1. The predicted octanol–water partition coefficient (Wildman–Crippen LogP) is 4.73. The van der Waals surface area contributed by atoms with E-state index < -0.39 is 0 Å². The molecule has 0 bridgehead atoms. The number of halogens is 1. The van der Waals surface area contributed by atoms with Crippen LogP contribution >= 0.6 is 11.6 Å². The minimum atomic E-state index is 0.178. The number of benzene rings is 2. The molecule has 2 N–H and O–H groups in total. The highest BCUT2D eigenvalue weighted by Gasteiger charge is 2.16. The van der Waals surface area contributed by atoms with Gasteiger partial charge in [-0.2, -0.15) is 0 Å². The summed E-state index contributed by atoms with van der Waals surface area (Å²) >= 11 is 5.95. The van der Waals surface area contributed by atoms with Crippen LogP contribution in [0.4, 0.5) is 0 Å². The Morgan fingerprint density at radius 3 is 1.75 bits per heavy atom. The van der Waals surface area contributed by atoms with Crippen molar-refractivity contribution in [1.82, 2.24) is 0 Å². The Bertz CT molecular complexity index is 549. The Kier molecular flexibility index (Phi) is 4.52. The van der Waals surface area contributed by atoms with Gasteiger partial charge in [-0.15, -0.1) is 0 Å². The molecule has 2 aromatic carbocycles. The quantitative estimate of drug-likeness (QED) is 0.868. The third kappa shape index (κ3) is 3.41. The van der Waals surface area contributed by atoms with Crippen molar-refractivity contribution in [3.05, 3.63) is 70.2 Å². The molecule has 0 saturated carbocycles. The molecule has 0 aliphatic heterocycles. The second kappa shape index (κ2) is 5.99. The van der Waals surface area contributed by atoms with Gasteiger partial charge in [-0.05, 0) is 34.2 Å². The van der Waals surface area contributed by atoms with Gasteiger partial charge in [0.15, 0.2) is 0 Å². The van der Waals surface area contributed by atoms with Crippen LogP contribution in [-0.4, -0.2) is 6.54 Å². The van der Waals surface area contributed by atoms with Crippen LogP contribution in [0, 0.1) is 0 Å². The summed E-state index contributed by atoms with van der Waals surface area (Å²) in [5.74, 6) is 0.223. The summed E-state index contributed by atoms with van der Waals surface area (Å²) in [6, 6.07) is 16.7. The summed E-state index contributed by atoms with van der Waals surface area (Å²) in [5, 5.41) is 0.757. The maximum absolute atomic E-state index is 5.97. The Labute approximate surface area is 126 Å². The highest BCUT2D eigenvalue weighted by Crippen LogP contribution is 2.28. The molecule has 2 aromatic rings. The van der Waals surface area contributed by atoms with E-state index in [9.17, 15) is 0 Å². The smallest absolute Gasteiger partial charge is 0.0406 e. The molecule has 0 saturated heterocycles. The zero-order chi connectivity index (χ0) is 14.8. The Balaban J connectivity index is 2.30. The molecule has 0 heterocycles. The van der Waals surface area contributed by atoms with Gasteiger partial charge in [0.25, 0.3) is 0 Å². The summed E-state index contributed by atoms with van der Waals surface area (Å²) in [4.78, 5) is 0. The topological polar surface area (TPSA) is 26.0 Å². The van der Waals surface area contributed by atoms with E-state index in [1.54, 1.807) is 0 Å². The average Bonchev–Trinajstić information content (AvgIpc) is 2.41. The Morgan fingerprint density at radius 2 is 1.35 bits per heavy atom. The lowest BCUT2D eigenvalue weighted by Gasteiger charge is -2.21. The second-order valence-corrected chi connectivity index (χ2v) is 6.65. The van der Waals surface area contributed by atoms with Gasteiger partial charge in [0.05, 0.1) is 0 Å². The van der Waals surface area contributed by atoms with E-state index in [4.69, 9.17) is 17.3 Å². The van der Waals surface area contributed by atoms with Crippen molar-refractivity contribution in [2.45, 2.75) is 32.1 Å². The van der Waals surface area contributed by atoms with Crippen LogP contribution in [0.2, 0.25) is 5.02 Å². The van der Waals surface area contributed by atoms with Crippen LogP contribution in [-0.2, 0) is 5.41 Å². The fraction of sp³-hybridized carbons (Fsp3) is 0.333. The van der Waals surface area contributed by atoms with Crippen molar-refractivity contribution in [2.75, 3.05) is 6.54 Å². The van der Waals surface area contributed by atoms with Crippen molar-refractivity contribution in [1.29, 1.82) is 0 Å². The summed E-state index contributed by atoms with van der Waals surface area (Å²) in [6.45, 7) is 7.27. The minimum Gasteiger partial charge on any atom is -0.330 e. The predicted molar refractivity (Wildman–Crippen MR) is 87.5 cm³/mol. The molecule has 0 spiro atoms. The molecule has 0 radical (unpaired) electrons. The van der Waals surface area contributed by atoms with Gasteiger partial charge in [0.1, 0.15) is 0 Å². The number of hydrogen-bond donors (Lipinski definition) is 1. The lowest BCUT2D eigenvalue weighted by atomic mass is 9.84. The molecule has 20 heavy (non-hydrogen) atoms. The maximum Gasteiger partial charge on any atom is 0.0406 e. The van der Waals surface area contributed by atoms with Crippen LogP contribution in [0.25, 0.3) is 0 Å². The van der Waals surface area contributed by atoms with Crippen LogP contribution in [0.1, 0.15) is 43.4 Å². The molecule has 0 aliphatic carbocycles. The fourth-order valence-corrected chi connectivity index (χ4v) is 2.50. The third-order valence-corrected chi connectivity index (χ3v) is 3.94. The van der Waals surface area contributed by atoms with E-state index in [0.717, 1.165) is 5.02 Å². The molecular weight excluding hydrogens is 266 g/mol. The van der Waals surface area contributed by atoms with Crippen LogP contribution < -0.4 is 5.73 Å². The molecule has 106 valence electrons. The molecule has 0 fully saturated rings. The summed E-state index contributed by atoms with van der Waals surface area (Å²) in [7, 11) is 0. The van der Waals surface area contributed by atoms with Crippen molar-refractivity contribution >= 4 is 11.6 Å². The van der Waals surface area contributed by atoms with E-state index in [-0.39, 0.29) is 11.3 Å².